The second-order valence-electron chi connectivity index (χ2n) is 3.71. The molecule has 0 heterocycles. The lowest BCUT2D eigenvalue weighted by Crippen LogP contribution is -2.12. The van der Waals surface area contributed by atoms with Crippen molar-refractivity contribution >= 4 is 17.9 Å². The number of carbonyl (C=O) groups is 2. The van der Waals surface area contributed by atoms with Crippen LogP contribution < -0.4 is 5.32 Å². The maximum atomic E-state index is 11.9. The molecule has 0 aromatic heterocycles. The summed E-state index contributed by atoms with van der Waals surface area (Å²) >= 11 is 0. The molecule has 2 N–H and O–H groups in total. The van der Waals surface area contributed by atoms with E-state index in [1.165, 1.54) is 12.1 Å². The minimum Gasteiger partial charge on any atom is -0.508 e. The molecule has 2 rings (SSSR count). The van der Waals surface area contributed by atoms with Gasteiger partial charge in [-0.05, 0) is 30.3 Å². The largest absolute Gasteiger partial charge is 0.508 e. The van der Waals surface area contributed by atoms with E-state index in [0.717, 1.165) is 0 Å². The Balaban J connectivity index is 2.24. The summed E-state index contributed by atoms with van der Waals surface area (Å²) in [4.78, 5) is 22.7. The van der Waals surface area contributed by atoms with Crippen molar-refractivity contribution in [1.82, 2.24) is 0 Å². The van der Waals surface area contributed by atoms with Crippen LogP contribution in [0, 0.1) is 0 Å². The number of para-hydroxylation sites is 1. The van der Waals surface area contributed by atoms with Gasteiger partial charge >= 0.3 is 0 Å². The normalized spacial score (nSPS) is 9.78. The minimum absolute atomic E-state index is 0.0197. The van der Waals surface area contributed by atoms with E-state index in [1.807, 2.05) is 0 Å². The first-order valence-electron chi connectivity index (χ1n) is 5.35. The second kappa shape index (κ2) is 5.14. The summed E-state index contributed by atoms with van der Waals surface area (Å²) in [6.07, 6.45) is 0.679. The standard InChI is InChI=1S/C14H11NO3/c16-9-11-4-1-2-7-13(11)15-14(18)10-5-3-6-12(17)8-10/h1-9,17H,(H,15,18). The number of hydrogen-bond donors (Lipinski definition) is 2. The van der Waals surface area contributed by atoms with E-state index >= 15 is 0 Å². The number of amides is 1. The third kappa shape index (κ3) is 2.55. The van der Waals surface area contributed by atoms with Crippen LogP contribution in [-0.4, -0.2) is 17.3 Å². The predicted octanol–water partition coefficient (Wildman–Crippen LogP) is 2.46. The van der Waals surface area contributed by atoms with E-state index in [9.17, 15) is 14.7 Å². The topological polar surface area (TPSA) is 66.4 Å². The average Bonchev–Trinajstić information content (AvgIpc) is 2.39. The molecular weight excluding hydrogens is 230 g/mol. The Morgan fingerprint density at radius 3 is 2.61 bits per heavy atom. The zero-order chi connectivity index (χ0) is 13.0. The number of aldehydes is 1. The highest BCUT2D eigenvalue weighted by Gasteiger charge is 2.08. The van der Waals surface area contributed by atoms with Crippen molar-refractivity contribution in [1.29, 1.82) is 0 Å². The van der Waals surface area contributed by atoms with Crippen molar-refractivity contribution in [3.63, 3.8) is 0 Å². The monoisotopic (exact) mass is 241 g/mol. The fourth-order valence-electron chi connectivity index (χ4n) is 1.56. The van der Waals surface area contributed by atoms with E-state index in [0.29, 0.717) is 23.1 Å². The summed E-state index contributed by atoms with van der Waals surface area (Å²) < 4.78 is 0. The first kappa shape index (κ1) is 11.9. The van der Waals surface area contributed by atoms with Crippen molar-refractivity contribution in [2.24, 2.45) is 0 Å². The van der Waals surface area contributed by atoms with Gasteiger partial charge in [0.05, 0.1) is 5.69 Å². The number of phenols is 1. The van der Waals surface area contributed by atoms with E-state index in [2.05, 4.69) is 5.32 Å². The third-order valence-electron chi connectivity index (χ3n) is 2.44. The van der Waals surface area contributed by atoms with E-state index in [-0.39, 0.29) is 11.7 Å². The van der Waals surface area contributed by atoms with Crippen molar-refractivity contribution < 1.29 is 14.7 Å². The molecule has 0 spiro atoms. The van der Waals surface area contributed by atoms with Crippen LogP contribution in [0.3, 0.4) is 0 Å². The number of rotatable bonds is 3. The molecule has 0 aliphatic carbocycles. The number of carbonyl (C=O) groups excluding carboxylic acids is 2. The van der Waals surface area contributed by atoms with Crippen LogP contribution in [0.15, 0.2) is 48.5 Å². The molecule has 2 aromatic rings. The maximum Gasteiger partial charge on any atom is 0.255 e. The Bertz CT molecular complexity index is 593. The summed E-state index contributed by atoms with van der Waals surface area (Å²) in [6, 6.07) is 12.7. The molecular formula is C14H11NO3. The van der Waals surface area contributed by atoms with Crippen molar-refractivity contribution in [3.8, 4) is 5.75 Å². The van der Waals surface area contributed by atoms with Crippen LogP contribution in [0.4, 0.5) is 5.69 Å². The molecule has 1 amide bonds. The Morgan fingerprint density at radius 2 is 1.89 bits per heavy atom. The molecule has 90 valence electrons. The van der Waals surface area contributed by atoms with Gasteiger partial charge in [0.15, 0.2) is 6.29 Å². The molecule has 18 heavy (non-hydrogen) atoms. The molecule has 0 unspecified atom stereocenters. The molecule has 0 saturated heterocycles. The summed E-state index contributed by atoms with van der Waals surface area (Å²) in [5.41, 5.74) is 1.18. The molecule has 0 atom stereocenters. The van der Waals surface area contributed by atoms with E-state index < -0.39 is 0 Å². The van der Waals surface area contributed by atoms with Crippen molar-refractivity contribution in [2.75, 3.05) is 5.32 Å². The molecule has 0 fully saturated rings. The van der Waals surface area contributed by atoms with Crippen LogP contribution in [-0.2, 0) is 0 Å². The fraction of sp³-hybridized carbons (Fsp3) is 0. The first-order chi connectivity index (χ1) is 8.70. The van der Waals surface area contributed by atoms with Gasteiger partial charge in [-0.2, -0.15) is 0 Å². The number of benzene rings is 2. The second-order valence-corrected chi connectivity index (χ2v) is 3.71. The van der Waals surface area contributed by atoms with Gasteiger partial charge in [-0.25, -0.2) is 0 Å². The lowest BCUT2D eigenvalue weighted by atomic mass is 10.1. The predicted molar refractivity (Wildman–Crippen MR) is 67.9 cm³/mol. The highest BCUT2D eigenvalue weighted by atomic mass is 16.3. The third-order valence-corrected chi connectivity index (χ3v) is 2.44. The summed E-state index contributed by atoms with van der Waals surface area (Å²) in [5.74, 6) is -0.355. The number of hydrogen-bond acceptors (Lipinski definition) is 3. The SMILES string of the molecule is O=Cc1ccccc1NC(=O)c1cccc(O)c1. The van der Waals surface area contributed by atoms with Gasteiger partial charge in [0, 0.05) is 11.1 Å². The van der Waals surface area contributed by atoms with Gasteiger partial charge in [0.25, 0.3) is 5.91 Å². The molecule has 2 aromatic carbocycles. The quantitative estimate of drug-likeness (QED) is 0.811. The number of anilines is 1. The van der Waals surface area contributed by atoms with Crippen LogP contribution in [0.2, 0.25) is 0 Å². The molecule has 0 aliphatic rings. The van der Waals surface area contributed by atoms with Gasteiger partial charge in [-0.1, -0.05) is 18.2 Å². The summed E-state index contributed by atoms with van der Waals surface area (Å²) in [7, 11) is 0. The minimum atomic E-state index is -0.375. The smallest absolute Gasteiger partial charge is 0.255 e. The maximum absolute atomic E-state index is 11.9. The Labute approximate surface area is 104 Å². The summed E-state index contributed by atoms with van der Waals surface area (Å²) in [6.45, 7) is 0. The van der Waals surface area contributed by atoms with Gasteiger partial charge < -0.3 is 10.4 Å². The number of phenolic OH excluding ortho intramolecular Hbond substituents is 1. The molecule has 0 aliphatic heterocycles. The molecule has 0 radical (unpaired) electrons. The van der Waals surface area contributed by atoms with Gasteiger partial charge in [0.2, 0.25) is 0 Å². The zero-order valence-electron chi connectivity index (χ0n) is 9.46. The van der Waals surface area contributed by atoms with Crippen LogP contribution >= 0.6 is 0 Å². The molecule has 0 bridgehead atoms. The first-order valence-corrected chi connectivity index (χ1v) is 5.35. The zero-order valence-corrected chi connectivity index (χ0v) is 9.46. The average molecular weight is 241 g/mol. The highest BCUT2D eigenvalue weighted by Crippen LogP contribution is 2.16. The number of nitrogens with one attached hydrogen (secondary N) is 1. The van der Waals surface area contributed by atoms with Crippen LogP contribution in [0.5, 0.6) is 5.75 Å². The van der Waals surface area contributed by atoms with E-state index in [4.69, 9.17) is 0 Å². The Hall–Kier alpha value is -2.62. The summed E-state index contributed by atoms with van der Waals surface area (Å²) in [5, 5.41) is 11.9. The van der Waals surface area contributed by atoms with Gasteiger partial charge in [-0.3, -0.25) is 9.59 Å². The van der Waals surface area contributed by atoms with Crippen molar-refractivity contribution in [3.05, 3.63) is 59.7 Å². The highest BCUT2D eigenvalue weighted by molar-refractivity contribution is 6.06. The molecule has 4 nitrogen and oxygen atoms in total. The van der Waals surface area contributed by atoms with Gasteiger partial charge in [0.1, 0.15) is 5.75 Å². The van der Waals surface area contributed by atoms with Crippen molar-refractivity contribution in [2.45, 2.75) is 0 Å². The lowest BCUT2D eigenvalue weighted by Gasteiger charge is -2.07. The van der Waals surface area contributed by atoms with Gasteiger partial charge in [-0.15, -0.1) is 0 Å². The number of aromatic hydroxyl groups is 1. The Kier molecular flexibility index (Phi) is 3.38. The van der Waals surface area contributed by atoms with Crippen LogP contribution in [0.25, 0.3) is 0 Å². The van der Waals surface area contributed by atoms with E-state index in [1.54, 1.807) is 36.4 Å². The fourth-order valence-corrected chi connectivity index (χ4v) is 1.56. The Morgan fingerprint density at radius 1 is 1.11 bits per heavy atom. The molecule has 0 saturated carbocycles. The lowest BCUT2D eigenvalue weighted by molar-refractivity contribution is 0.102. The molecule has 4 heteroatoms. The van der Waals surface area contributed by atoms with Crippen LogP contribution in [0.1, 0.15) is 20.7 Å².